The van der Waals surface area contributed by atoms with E-state index in [2.05, 4.69) is 6.07 Å². The molecule has 0 unspecified atom stereocenters. The molecule has 0 saturated heterocycles. The van der Waals surface area contributed by atoms with Gasteiger partial charge in [0.15, 0.2) is 5.65 Å². The smallest absolute Gasteiger partial charge is 0.163 e. The van der Waals surface area contributed by atoms with E-state index in [1.165, 1.54) is 11.8 Å². The van der Waals surface area contributed by atoms with Crippen LogP contribution >= 0.6 is 23.4 Å². The predicted molar refractivity (Wildman–Crippen MR) is 126 cm³/mol. The number of nitrogens with two attached hydrogens (primary N) is 1. The van der Waals surface area contributed by atoms with Gasteiger partial charge in [-0.2, -0.15) is 5.26 Å². The molecule has 4 aromatic rings. The van der Waals surface area contributed by atoms with E-state index < -0.39 is 0 Å². The van der Waals surface area contributed by atoms with Crippen LogP contribution in [0.1, 0.15) is 29.7 Å². The Kier molecular flexibility index (Phi) is 5.27. The summed E-state index contributed by atoms with van der Waals surface area (Å²) in [6, 6.07) is 19.8. The molecule has 0 atom stereocenters. The third-order valence-corrected chi connectivity index (χ3v) is 6.83. The Morgan fingerprint density at radius 2 is 1.81 bits per heavy atom. The van der Waals surface area contributed by atoms with Gasteiger partial charge >= 0.3 is 0 Å². The van der Waals surface area contributed by atoms with Crippen LogP contribution in [0, 0.1) is 11.3 Å². The minimum absolute atomic E-state index is 0.493. The number of benzene rings is 2. The summed E-state index contributed by atoms with van der Waals surface area (Å²) < 4.78 is 0. The van der Waals surface area contributed by atoms with E-state index in [9.17, 15) is 5.26 Å². The van der Waals surface area contributed by atoms with Crippen LogP contribution in [0.15, 0.2) is 64.5 Å². The molecular formula is C25H19ClN4S. The van der Waals surface area contributed by atoms with Crippen LogP contribution in [0.3, 0.4) is 0 Å². The highest BCUT2D eigenvalue weighted by molar-refractivity contribution is 7.99. The lowest BCUT2D eigenvalue weighted by Crippen LogP contribution is -2.11. The lowest BCUT2D eigenvalue weighted by atomic mass is 9.90. The van der Waals surface area contributed by atoms with Crippen LogP contribution in [0.5, 0.6) is 0 Å². The number of nitrogen functional groups attached to an aromatic ring is 1. The maximum absolute atomic E-state index is 10.2. The van der Waals surface area contributed by atoms with Gasteiger partial charge in [0.05, 0.1) is 10.9 Å². The number of nitriles is 1. The Hall–Kier alpha value is -3.07. The molecule has 152 valence electrons. The fraction of sp³-hybridized carbons (Fsp3) is 0.160. The zero-order valence-electron chi connectivity index (χ0n) is 16.7. The first-order valence-electron chi connectivity index (χ1n) is 10.2. The molecule has 0 saturated carbocycles. The van der Waals surface area contributed by atoms with Crippen molar-refractivity contribution in [2.45, 2.75) is 35.6 Å². The van der Waals surface area contributed by atoms with E-state index in [1.54, 1.807) is 0 Å². The SMILES string of the molecule is N#Cc1c(Sc2ccccc2)nc2nc3c(c(N)c2c1-c1cccc(Cl)c1)CCCC3. The van der Waals surface area contributed by atoms with Gasteiger partial charge < -0.3 is 5.73 Å². The zero-order chi connectivity index (χ0) is 21.4. The minimum atomic E-state index is 0.493. The number of nitrogens with zero attached hydrogens (tertiary/aromatic N) is 3. The van der Waals surface area contributed by atoms with Crippen molar-refractivity contribution in [2.24, 2.45) is 0 Å². The molecule has 0 aliphatic heterocycles. The summed E-state index contributed by atoms with van der Waals surface area (Å²) in [6.07, 6.45) is 4.01. The molecule has 0 spiro atoms. The Bertz CT molecular complexity index is 1350. The highest BCUT2D eigenvalue weighted by Gasteiger charge is 2.24. The van der Waals surface area contributed by atoms with Crippen LogP contribution in [-0.4, -0.2) is 9.97 Å². The number of hydrogen-bond acceptors (Lipinski definition) is 5. The lowest BCUT2D eigenvalue weighted by Gasteiger charge is -2.21. The zero-order valence-corrected chi connectivity index (χ0v) is 18.3. The van der Waals surface area contributed by atoms with E-state index in [0.717, 1.165) is 58.3 Å². The van der Waals surface area contributed by atoms with Gasteiger partial charge in [-0.05, 0) is 61.1 Å². The van der Waals surface area contributed by atoms with Gasteiger partial charge in [-0.3, -0.25) is 0 Å². The molecule has 5 rings (SSSR count). The summed E-state index contributed by atoms with van der Waals surface area (Å²) in [7, 11) is 0. The van der Waals surface area contributed by atoms with Crippen molar-refractivity contribution in [3.05, 3.63) is 76.4 Å². The normalized spacial score (nSPS) is 13.0. The topological polar surface area (TPSA) is 75.6 Å². The Labute approximate surface area is 190 Å². The highest BCUT2D eigenvalue weighted by atomic mass is 35.5. The van der Waals surface area contributed by atoms with Gasteiger partial charge in [-0.25, -0.2) is 9.97 Å². The predicted octanol–water partition coefficient (Wildman–Crippen LogP) is 6.43. The second kappa shape index (κ2) is 8.22. The van der Waals surface area contributed by atoms with Gasteiger partial charge in [-0.15, -0.1) is 0 Å². The molecule has 0 amide bonds. The van der Waals surface area contributed by atoms with Crippen LogP contribution in [0.4, 0.5) is 5.69 Å². The highest BCUT2D eigenvalue weighted by Crippen LogP contribution is 2.42. The van der Waals surface area contributed by atoms with Crippen molar-refractivity contribution in [1.29, 1.82) is 5.26 Å². The van der Waals surface area contributed by atoms with Crippen LogP contribution in [-0.2, 0) is 12.8 Å². The van der Waals surface area contributed by atoms with Gasteiger partial charge in [0.1, 0.15) is 11.1 Å². The molecule has 2 aromatic carbocycles. The number of rotatable bonds is 3. The monoisotopic (exact) mass is 442 g/mol. The maximum atomic E-state index is 10.2. The molecule has 0 fully saturated rings. The fourth-order valence-corrected chi connectivity index (χ4v) is 5.27. The number of anilines is 1. The van der Waals surface area contributed by atoms with Crippen LogP contribution in [0.25, 0.3) is 22.2 Å². The van der Waals surface area contributed by atoms with Crippen molar-refractivity contribution in [2.75, 3.05) is 5.73 Å². The molecule has 1 aliphatic carbocycles. The molecular weight excluding hydrogens is 424 g/mol. The van der Waals surface area contributed by atoms with E-state index in [4.69, 9.17) is 27.3 Å². The van der Waals surface area contributed by atoms with E-state index >= 15 is 0 Å². The van der Waals surface area contributed by atoms with Crippen molar-refractivity contribution >= 4 is 40.1 Å². The first-order chi connectivity index (χ1) is 15.2. The van der Waals surface area contributed by atoms with Crippen LogP contribution in [0.2, 0.25) is 5.02 Å². The number of aryl methyl sites for hydroxylation is 1. The molecule has 31 heavy (non-hydrogen) atoms. The standard InChI is InChI=1S/C25H19ClN4S/c26-16-8-6-7-15(13-16)21-19(14-27)25(31-17-9-2-1-3-10-17)30-24-22(21)23(28)18-11-4-5-12-20(18)29-24/h1-3,6-10,13H,4-5,11-12H2,(H2,28,29,30). The number of pyridine rings is 2. The summed E-state index contributed by atoms with van der Waals surface area (Å²) >= 11 is 7.78. The fourth-order valence-electron chi connectivity index (χ4n) is 4.18. The molecule has 2 aromatic heterocycles. The first kappa shape index (κ1) is 19.9. The Balaban J connectivity index is 1.86. The quantitative estimate of drug-likeness (QED) is 0.395. The van der Waals surface area contributed by atoms with Gasteiger partial charge in [-0.1, -0.05) is 53.7 Å². The Morgan fingerprint density at radius 1 is 1.00 bits per heavy atom. The van der Waals surface area contributed by atoms with Crippen molar-refractivity contribution in [1.82, 2.24) is 9.97 Å². The number of halogens is 1. The average Bonchev–Trinajstić information content (AvgIpc) is 2.79. The second-order valence-electron chi connectivity index (χ2n) is 7.56. The molecule has 0 radical (unpaired) electrons. The third kappa shape index (κ3) is 3.63. The van der Waals surface area contributed by atoms with Gasteiger partial charge in [0.2, 0.25) is 0 Å². The first-order valence-corrected chi connectivity index (χ1v) is 11.4. The largest absolute Gasteiger partial charge is 0.398 e. The van der Waals surface area contributed by atoms with E-state index in [0.29, 0.717) is 26.9 Å². The molecule has 2 heterocycles. The van der Waals surface area contributed by atoms with E-state index in [1.807, 2.05) is 54.6 Å². The number of hydrogen-bond donors (Lipinski definition) is 1. The van der Waals surface area contributed by atoms with Crippen molar-refractivity contribution < 1.29 is 0 Å². The van der Waals surface area contributed by atoms with Crippen molar-refractivity contribution in [3.63, 3.8) is 0 Å². The van der Waals surface area contributed by atoms with Crippen molar-refractivity contribution in [3.8, 4) is 17.2 Å². The molecule has 4 nitrogen and oxygen atoms in total. The summed E-state index contributed by atoms with van der Waals surface area (Å²) in [5, 5.41) is 12.2. The lowest BCUT2D eigenvalue weighted by molar-refractivity contribution is 0.672. The minimum Gasteiger partial charge on any atom is -0.398 e. The summed E-state index contributed by atoms with van der Waals surface area (Å²) in [6.45, 7) is 0. The molecule has 1 aliphatic rings. The van der Waals surface area contributed by atoms with Gasteiger partial charge in [0.25, 0.3) is 0 Å². The summed E-state index contributed by atoms with van der Waals surface area (Å²) in [5.41, 5.74) is 12.2. The second-order valence-corrected chi connectivity index (χ2v) is 9.06. The molecule has 6 heteroatoms. The molecule has 0 bridgehead atoms. The number of fused-ring (bicyclic) bond motifs is 2. The maximum Gasteiger partial charge on any atom is 0.163 e. The summed E-state index contributed by atoms with van der Waals surface area (Å²) in [5.74, 6) is 0. The summed E-state index contributed by atoms with van der Waals surface area (Å²) in [4.78, 5) is 10.8. The number of aromatic nitrogens is 2. The van der Waals surface area contributed by atoms with E-state index in [-0.39, 0.29) is 0 Å². The third-order valence-electron chi connectivity index (χ3n) is 5.60. The van der Waals surface area contributed by atoms with Crippen LogP contribution < -0.4 is 5.73 Å². The van der Waals surface area contributed by atoms with Gasteiger partial charge in [0, 0.05) is 26.9 Å². The molecule has 2 N–H and O–H groups in total. The average molecular weight is 443 g/mol. The Morgan fingerprint density at radius 3 is 2.58 bits per heavy atom.